The third kappa shape index (κ3) is 4.58. The van der Waals surface area contributed by atoms with Gasteiger partial charge in [-0.05, 0) is 47.7 Å². The van der Waals surface area contributed by atoms with Gasteiger partial charge in [0.2, 0.25) is 0 Å². The molecule has 1 saturated heterocycles. The minimum Gasteiger partial charge on any atom is -0.453 e. The number of nitrogens with one attached hydrogen (secondary N) is 1. The summed E-state index contributed by atoms with van der Waals surface area (Å²) in [4.78, 5) is 21.1. The summed E-state index contributed by atoms with van der Waals surface area (Å²) in [6.07, 6.45) is 8.24. The van der Waals surface area contributed by atoms with E-state index in [1.807, 2.05) is 19.1 Å². The van der Waals surface area contributed by atoms with Crippen LogP contribution in [-0.2, 0) is 15.9 Å². The van der Waals surface area contributed by atoms with Gasteiger partial charge in [-0.3, -0.25) is 9.79 Å². The monoisotopic (exact) mass is 464 g/mol. The minimum absolute atomic E-state index is 0.139. The number of aliphatic imine (C=N–C) groups is 2. The molecule has 3 N–H and O–H groups in total. The summed E-state index contributed by atoms with van der Waals surface area (Å²) in [5, 5.41) is 2.79. The molecule has 1 spiro atoms. The van der Waals surface area contributed by atoms with E-state index in [0.29, 0.717) is 17.7 Å². The van der Waals surface area contributed by atoms with Gasteiger partial charge in [0.25, 0.3) is 17.7 Å². The van der Waals surface area contributed by atoms with E-state index in [1.165, 1.54) is 18.2 Å². The molecule has 1 amide bonds. The summed E-state index contributed by atoms with van der Waals surface area (Å²) in [5.74, 6) is 1.31. The van der Waals surface area contributed by atoms with Gasteiger partial charge in [0.05, 0.1) is 19.6 Å². The van der Waals surface area contributed by atoms with Crippen LogP contribution in [-0.4, -0.2) is 49.7 Å². The smallest absolute Gasteiger partial charge is 0.287 e. The Kier molecular flexibility index (Phi) is 6.26. The summed E-state index contributed by atoms with van der Waals surface area (Å²) < 4.78 is 31.3. The van der Waals surface area contributed by atoms with E-state index in [1.54, 1.807) is 19.3 Å². The molecule has 2 aromatic rings. The molecule has 2 aliphatic heterocycles. The molecule has 0 aromatic heterocycles. The lowest BCUT2D eigenvalue weighted by atomic mass is 9.89. The van der Waals surface area contributed by atoms with Crippen molar-refractivity contribution in [2.45, 2.75) is 31.1 Å². The molecule has 2 heterocycles. The van der Waals surface area contributed by atoms with Crippen molar-refractivity contribution in [2.75, 3.05) is 25.6 Å². The number of carbonyl (C=O) groups excluding carboxylic acids is 1. The lowest BCUT2D eigenvalue weighted by Crippen LogP contribution is -2.62. The topological polar surface area (TPSA) is 108 Å². The Bertz CT molecular complexity index is 1220. The van der Waals surface area contributed by atoms with Crippen LogP contribution in [0.25, 0.3) is 0 Å². The quantitative estimate of drug-likeness (QED) is 0.505. The summed E-state index contributed by atoms with van der Waals surface area (Å²) >= 11 is 0. The number of halogens is 1. The molecule has 4 rings (SSSR count). The Morgan fingerprint density at radius 1 is 1.38 bits per heavy atom. The Balaban J connectivity index is 1.58. The highest BCUT2D eigenvalue weighted by Crippen LogP contribution is 2.39. The van der Waals surface area contributed by atoms with Crippen molar-refractivity contribution >= 4 is 23.8 Å². The number of aryl methyl sites for hydroxylation is 1. The number of anilines is 1. The second-order valence-electron chi connectivity index (χ2n) is 8.19. The standard InChI is InChI=1S/C25H25FN4O4/c1-4-17-10-16(12-28-3)6-8-19(17)22(31)29-18-7-9-20(26)21(11-18)33-25(5-2)13-24(14-32-15-24)34-23(27)30-25/h2,6-12H,4,13-15H2,1,3H3,(H2,27,30)(H,29,31). The number of amidine groups is 1. The van der Waals surface area contributed by atoms with Crippen molar-refractivity contribution in [3.8, 4) is 18.1 Å². The molecule has 2 aliphatic rings. The third-order valence-corrected chi connectivity index (χ3v) is 5.63. The minimum atomic E-state index is -1.57. The van der Waals surface area contributed by atoms with Crippen LogP contribution in [0.15, 0.2) is 46.4 Å². The zero-order valence-corrected chi connectivity index (χ0v) is 18.9. The van der Waals surface area contributed by atoms with E-state index in [-0.39, 0.29) is 37.3 Å². The molecule has 0 aliphatic carbocycles. The van der Waals surface area contributed by atoms with Crippen molar-refractivity contribution < 1.29 is 23.4 Å². The van der Waals surface area contributed by atoms with Crippen LogP contribution in [0.4, 0.5) is 10.1 Å². The molecule has 0 radical (unpaired) electrons. The molecule has 9 heteroatoms. The first-order chi connectivity index (χ1) is 16.3. The Hall–Kier alpha value is -3.90. The fraction of sp³-hybridized carbons (Fsp3) is 0.320. The number of rotatable bonds is 6. The van der Waals surface area contributed by atoms with Crippen molar-refractivity contribution in [1.29, 1.82) is 0 Å². The van der Waals surface area contributed by atoms with Gasteiger partial charge < -0.3 is 25.3 Å². The second-order valence-corrected chi connectivity index (χ2v) is 8.19. The van der Waals surface area contributed by atoms with Crippen LogP contribution in [0.2, 0.25) is 0 Å². The van der Waals surface area contributed by atoms with E-state index < -0.39 is 17.1 Å². The maximum atomic E-state index is 14.7. The molecule has 1 fully saturated rings. The zero-order chi connectivity index (χ0) is 24.3. The van der Waals surface area contributed by atoms with Crippen LogP contribution in [0.1, 0.15) is 34.8 Å². The van der Waals surface area contributed by atoms with Gasteiger partial charge >= 0.3 is 0 Å². The number of carbonyl (C=O) groups is 1. The van der Waals surface area contributed by atoms with Crippen LogP contribution in [0.3, 0.4) is 0 Å². The van der Waals surface area contributed by atoms with Crippen LogP contribution in [0.5, 0.6) is 5.75 Å². The maximum Gasteiger partial charge on any atom is 0.287 e. The largest absolute Gasteiger partial charge is 0.453 e. The molecule has 8 nitrogen and oxygen atoms in total. The fourth-order valence-corrected chi connectivity index (χ4v) is 3.99. The predicted octanol–water partition coefficient (Wildman–Crippen LogP) is 2.90. The van der Waals surface area contributed by atoms with Crippen molar-refractivity contribution in [3.05, 3.63) is 58.9 Å². The summed E-state index contributed by atoms with van der Waals surface area (Å²) in [6.45, 7) is 2.51. The van der Waals surface area contributed by atoms with Gasteiger partial charge in [-0.2, -0.15) is 4.99 Å². The van der Waals surface area contributed by atoms with E-state index in [2.05, 4.69) is 21.2 Å². The number of nitrogens with zero attached hydrogens (tertiary/aromatic N) is 2. The predicted molar refractivity (Wildman–Crippen MR) is 127 cm³/mol. The highest BCUT2D eigenvalue weighted by atomic mass is 19.1. The zero-order valence-electron chi connectivity index (χ0n) is 18.9. The van der Waals surface area contributed by atoms with Crippen LogP contribution < -0.4 is 15.8 Å². The SMILES string of the molecule is C#CC1(Oc2cc(NC(=O)c3ccc(C=NC)cc3CC)ccc2F)CC2(COC2)OC(N)=N1. The Morgan fingerprint density at radius 2 is 2.18 bits per heavy atom. The molecule has 0 saturated carbocycles. The Labute approximate surface area is 197 Å². The molecule has 2 aromatic carbocycles. The van der Waals surface area contributed by atoms with E-state index in [4.69, 9.17) is 26.4 Å². The lowest BCUT2D eigenvalue weighted by molar-refractivity contribution is -0.196. The van der Waals surface area contributed by atoms with Gasteiger partial charge in [0.15, 0.2) is 17.2 Å². The maximum absolute atomic E-state index is 14.7. The van der Waals surface area contributed by atoms with Crippen LogP contribution >= 0.6 is 0 Å². The second kappa shape index (κ2) is 9.15. The van der Waals surface area contributed by atoms with E-state index in [9.17, 15) is 9.18 Å². The number of terminal acetylenes is 1. The number of benzene rings is 2. The summed E-state index contributed by atoms with van der Waals surface area (Å²) in [7, 11) is 1.69. The molecule has 1 atom stereocenters. The average molecular weight is 464 g/mol. The Morgan fingerprint density at radius 3 is 2.82 bits per heavy atom. The third-order valence-electron chi connectivity index (χ3n) is 5.63. The number of hydrogen-bond donors (Lipinski definition) is 2. The lowest BCUT2D eigenvalue weighted by Gasteiger charge is -2.46. The fourth-order valence-electron chi connectivity index (χ4n) is 3.99. The number of ether oxygens (including phenoxy) is 3. The first kappa shape index (κ1) is 23.3. The number of nitrogens with two attached hydrogens (primary N) is 1. The summed E-state index contributed by atoms with van der Waals surface area (Å²) in [6, 6.07) is 9.29. The van der Waals surface area contributed by atoms with Gasteiger partial charge in [-0.15, -0.1) is 6.42 Å². The van der Waals surface area contributed by atoms with E-state index in [0.717, 1.165) is 11.1 Å². The van der Waals surface area contributed by atoms with Crippen molar-refractivity contribution in [2.24, 2.45) is 15.7 Å². The van der Waals surface area contributed by atoms with Crippen molar-refractivity contribution in [3.63, 3.8) is 0 Å². The summed E-state index contributed by atoms with van der Waals surface area (Å²) in [5.41, 5.74) is 6.10. The van der Waals surface area contributed by atoms with Crippen LogP contribution in [0, 0.1) is 18.2 Å². The first-order valence-corrected chi connectivity index (χ1v) is 10.8. The van der Waals surface area contributed by atoms with Crippen molar-refractivity contribution in [1.82, 2.24) is 0 Å². The molecular weight excluding hydrogens is 439 g/mol. The first-order valence-electron chi connectivity index (χ1n) is 10.8. The molecule has 34 heavy (non-hydrogen) atoms. The normalized spacial score (nSPS) is 20.7. The van der Waals surface area contributed by atoms with E-state index >= 15 is 0 Å². The van der Waals surface area contributed by atoms with Gasteiger partial charge in [-0.1, -0.05) is 13.0 Å². The van der Waals surface area contributed by atoms with Gasteiger partial charge in [0, 0.05) is 30.6 Å². The number of amides is 1. The molecular formula is C25H25FN4O4. The molecule has 1 unspecified atom stereocenters. The molecule has 0 bridgehead atoms. The highest BCUT2D eigenvalue weighted by molar-refractivity contribution is 6.05. The molecule has 176 valence electrons. The average Bonchev–Trinajstić information content (AvgIpc) is 2.80. The highest BCUT2D eigenvalue weighted by Gasteiger charge is 2.53. The number of hydrogen-bond acceptors (Lipinski definition) is 7. The van der Waals surface area contributed by atoms with Gasteiger partial charge in [0.1, 0.15) is 0 Å². The van der Waals surface area contributed by atoms with Gasteiger partial charge in [-0.25, -0.2) is 4.39 Å².